The van der Waals surface area contributed by atoms with Crippen molar-refractivity contribution in [2.24, 2.45) is 0 Å². The number of nitrogens with one attached hydrogen (secondary N) is 2. The third-order valence-electron chi connectivity index (χ3n) is 5.96. The molecule has 0 unspecified atom stereocenters. The monoisotopic (exact) mass is 550 g/mol. The van der Waals surface area contributed by atoms with Crippen molar-refractivity contribution in [3.63, 3.8) is 0 Å². The Bertz CT molecular complexity index is 1230. The SMILES string of the molecule is CCCN(CCC)S(=O)(=O)c1ccc(C(=O)Nc2sc3c(c2C(=O)NC)CCN(C(=O)OCC)C3)cc1. The van der Waals surface area contributed by atoms with E-state index in [0.29, 0.717) is 49.5 Å². The van der Waals surface area contributed by atoms with Gasteiger partial charge in [0.15, 0.2) is 0 Å². The van der Waals surface area contributed by atoms with Gasteiger partial charge in [0.1, 0.15) is 5.00 Å². The van der Waals surface area contributed by atoms with Gasteiger partial charge in [0.2, 0.25) is 10.0 Å². The number of anilines is 1. The number of benzene rings is 1. The molecule has 0 bridgehead atoms. The molecular formula is C25H34N4O6S2. The van der Waals surface area contributed by atoms with Crippen molar-refractivity contribution in [3.8, 4) is 0 Å². The van der Waals surface area contributed by atoms with Gasteiger partial charge in [-0.25, -0.2) is 13.2 Å². The van der Waals surface area contributed by atoms with Gasteiger partial charge >= 0.3 is 6.09 Å². The number of sulfonamides is 1. The third kappa shape index (κ3) is 6.31. The lowest BCUT2D eigenvalue weighted by Gasteiger charge is -2.26. The van der Waals surface area contributed by atoms with Gasteiger partial charge in [0, 0.05) is 37.1 Å². The van der Waals surface area contributed by atoms with Gasteiger partial charge in [0.05, 0.1) is 23.6 Å². The van der Waals surface area contributed by atoms with E-state index in [1.165, 1.54) is 47.0 Å². The fourth-order valence-electron chi connectivity index (χ4n) is 4.18. The molecule has 0 radical (unpaired) electrons. The Labute approximate surface area is 222 Å². The molecule has 10 nitrogen and oxygen atoms in total. The lowest BCUT2D eigenvalue weighted by atomic mass is 10.0. The quantitative estimate of drug-likeness (QED) is 0.465. The minimum Gasteiger partial charge on any atom is -0.450 e. The number of ether oxygens (including phenoxy) is 1. The Morgan fingerprint density at radius 2 is 1.70 bits per heavy atom. The molecule has 0 saturated heterocycles. The molecule has 2 aromatic rings. The molecule has 0 saturated carbocycles. The number of rotatable bonds is 10. The zero-order valence-electron chi connectivity index (χ0n) is 21.6. The number of carbonyl (C=O) groups excluding carboxylic acids is 3. The molecule has 1 aromatic carbocycles. The van der Waals surface area contributed by atoms with Crippen LogP contribution < -0.4 is 10.6 Å². The van der Waals surface area contributed by atoms with Crippen molar-refractivity contribution in [1.82, 2.24) is 14.5 Å². The molecule has 202 valence electrons. The summed E-state index contributed by atoms with van der Waals surface area (Å²) < 4.78 is 32.6. The van der Waals surface area contributed by atoms with Crippen molar-refractivity contribution < 1.29 is 27.5 Å². The molecule has 0 aliphatic carbocycles. The van der Waals surface area contributed by atoms with Gasteiger partial charge in [-0.1, -0.05) is 13.8 Å². The van der Waals surface area contributed by atoms with Crippen LogP contribution in [-0.4, -0.2) is 68.8 Å². The number of fused-ring (bicyclic) bond motifs is 1. The summed E-state index contributed by atoms with van der Waals surface area (Å²) in [6.07, 6.45) is 1.45. The molecule has 2 N–H and O–H groups in total. The minimum atomic E-state index is -3.66. The van der Waals surface area contributed by atoms with E-state index >= 15 is 0 Å². The first-order chi connectivity index (χ1) is 17.7. The van der Waals surface area contributed by atoms with E-state index in [1.54, 1.807) is 11.8 Å². The number of hydrogen-bond donors (Lipinski definition) is 2. The Kier molecular flexibility index (Phi) is 9.68. The molecule has 2 heterocycles. The highest BCUT2D eigenvalue weighted by atomic mass is 32.2. The topological polar surface area (TPSA) is 125 Å². The van der Waals surface area contributed by atoms with Crippen molar-refractivity contribution in [1.29, 1.82) is 0 Å². The van der Waals surface area contributed by atoms with Crippen LogP contribution in [0, 0.1) is 0 Å². The first-order valence-electron chi connectivity index (χ1n) is 12.4. The summed E-state index contributed by atoms with van der Waals surface area (Å²) >= 11 is 1.25. The summed E-state index contributed by atoms with van der Waals surface area (Å²) in [6, 6.07) is 5.79. The van der Waals surface area contributed by atoms with E-state index in [-0.39, 0.29) is 29.5 Å². The predicted octanol–water partition coefficient (Wildman–Crippen LogP) is 3.69. The van der Waals surface area contributed by atoms with E-state index in [2.05, 4.69) is 10.6 Å². The van der Waals surface area contributed by atoms with Crippen LogP contribution in [0.2, 0.25) is 0 Å². The smallest absolute Gasteiger partial charge is 0.410 e. The summed E-state index contributed by atoms with van der Waals surface area (Å²) in [4.78, 5) is 40.4. The normalized spacial score (nSPS) is 13.3. The van der Waals surface area contributed by atoms with Crippen LogP contribution in [0.3, 0.4) is 0 Å². The van der Waals surface area contributed by atoms with Crippen LogP contribution >= 0.6 is 11.3 Å². The lowest BCUT2D eigenvalue weighted by molar-refractivity contribution is 0.0961. The summed E-state index contributed by atoms with van der Waals surface area (Å²) in [5.74, 6) is -0.792. The van der Waals surface area contributed by atoms with Gasteiger partial charge in [-0.05, 0) is 56.0 Å². The van der Waals surface area contributed by atoms with Crippen molar-refractivity contribution in [2.45, 2.75) is 51.5 Å². The fourth-order valence-corrected chi connectivity index (χ4v) is 7.06. The largest absolute Gasteiger partial charge is 0.450 e. The second-order valence-electron chi connectivity index (χ2n) is 8.54. The number of nitrogens with zero attached hydrogens (tertiary/aromatic N) is 2. The van der Waals surface area contributed by atoms with Crippen LogP contribution in [0.25, 0.3) is 0 Å². The Hall–Kier alpha value is -2.96. The highest BCUT2D eigenvalue weighted by Crippen LogP contribution is 2.37. The standard InChI is InChI=1S/C25H34N4O6S2/c1-5-13-29(14-6-2)37(33,34)18-10-8-17(9-11-18)22(30)27-24-21(23(31)26-4)19-12-15-28(16-20(19)36-24)25(32)35-7-3/h8-11H,5-7,12-16H2,1-4H3,(H,26,31)(H,27,30). The summed E-state index contributed by atoms with van der Waals surface area (Å²) in [6.45, 7) is 7.41. The van der Waals surface area contributed by atoms with Crippen LogP contribution in [-0.2, 0) is 27.7 Å². The highest BCUT2D eigenvalue weighted by Gasteiger charge is 2.31. The van der Waals surface area contributed by atoms with Gasteiger partial charge < -0.3 is 20.3 Å². The van der Waals surface area contributed by atoms with Crippen molar-refractivity contribution in [3.05, 3.63) is 45.8 Å². The van der Waals surface area contributed by atoms with Crippen LogP contribution in [0.4, 0.5) is 9.80 Å². The number of hydrogen-bond acceptors (Lipinski definition) is 7. The maximum atomic E-state index is 13.1. The first kappa shape index (κ1) is 28.6. The van der Waals surface area contributed by atoms with Gasteiger partial charge in [-0.15, -0.1) is 11.3 Å². The second-order valence-corrected chi connectivity index (χ2v) is 11.6. The molecule has 0 atom stereocenters. The molecule has 3 rings (SSSR count). The molecular weight excluding hydrogens is 516 g/mol. The summed E-state index contributed by atoms with van der Waals surface area (Å²) in [5, 5.41) is 5.82. The maximum absolute atomic E-state index is 13.1. The van der Waals surface area contributed by atoms with Gasteiger partial charge in [0.25, 0.3) is 11.8 Å². The van der Waals surface area contributed by atoms with Crippen LogP contribution in [0.1, 0.15) is 64.8 Å². The Balaban J connectivity index is 1.84. The molecule has 12 heteroatoms. The lowest BCUT2D eigenvalue weighted by Crippen LogP contribution is -2.36. The van der Waals surface area contributed by atoms with E-state index < -0.39 is 22.0 Å². The Morgan fingerprint density at radius 1 is 1.05 bits per heavy atom. The molecule has 1 aromatic heterocycles. The molecule has 0 spiro atoms. The van der Waals surface area contributed by atoms with Crippen molar-refractivity contribution in [2.75, 3.05) is 38.6 Å². The molecule has 1 aliphatic rings. The fraction of sp³-hybridized carbons (Fsp3) is 0.480. The average molecular weight is 551 g/mol. The molecule has 1 aliphatic heterocycles. The number of thiophene rings is 1. The molecule has 0 fully saturated rings. The third-order valence-corrected chi connectivity index (χ3v) is 9.01. The Morgan fingerprint density at radius 3 is 2.27 bits per heavy atom. The minimum absolute atomic E-state index is 0.127. The van der Waals surface area contributed by atoms with E-state index in [9.17, 15) is 22.8 Å². The first-order valence-corrected chi connectivity index (χ1v) is 14.6. The van der Waals surface area contributed by atoms with Crippen molar-refractivity contribution >= 4 is 44.3 Å². The number of amides is 3. The number of carbonyl (C=O) groups is 3. The maximum Gasteiger partial charge on any atom is 0.410 e. The van der Waals surface area contributed by atoms with E-state index in [4.69, 9.17) is 4.74 Å². The van der Waals surface area contributed by atoms with Gasteiger partial charge in [-0.2, -0.15) is 4.31 Å². The average Bonchev–Trinajstić information content (AvgIpc) is 3.25. The van der Waals surface area contributed by atoms with Crippen LogP contribution in [0.15, 0.2) is 29.2 Å². The summed E-state index contributed by atoms with van der Waals surface area (Å²) in [5.41, 5.74) is 1.45. The van der Waals surface area contributed by atoms with Crippen LogP contribution in [0.5, 0.6) is 0 Å². The highest BCUT2D eigenvalue weighted by molar-refractivity contribution is 7.89. The predicted molar refractivity (Wildman–Crippen MR) is 143 cm³/mol. The van der Waals surface area contributed by atoms with E-state index in [1.807, 2.05) is 13.8 Å². The van der Waals surface area contributed by atoms with E-state index in [0.717, 1.165) is 10.4 Å². The van der Waals surface area contributed by atoms with Gasteiger partial charge in [-0.3, -0.25) is 9.59 Å². The molecule has 3 amide bonds. The molecule has 37 heavy (non-hydrogen) atoms. The second kappa shape index (κ2) is 12.5. The summed E-state index contributed by atoms with van der Waals surface area (Å²) in [7, 11) is -2.14. The zero-order valence-corrected chi connectivity index (χ0v) is 23.3. The zero-order chi connectivity index (χ0) is 27.2.